The Labute approximate surface area is 348 Å². The minimum Gasteiger partial charge on any atom is -0.511 e. The Bertz CT molecular complexity index is 1940. The lowest BCUT2D eigenvalue weighted by atomic mass is 9.86. The number of carbonyl (C=O) groups is 1. The molecule has 8 nitrogen and oxygen atoms in total. The fourth-order valence-electron chi connectivity index (χ4n) is 9.54. The summed E-state index contributed by atoms with van der Waals surface area (Å²) in [5, 5.41) is 25.6. The van der Waals surface area contributed by atoms with E-state index in [-0.39, 0.29) is 24.4 Å². The van der Waals surface area contributed by atoms with E-state index in [2.05, 4.69) is 39.1 Å². The van der Waals surface area contributed by atoms with Gasteiger partial charge >= 0.3 is 5.97 Å². The number of carbonyl (C=O) groups excluding carboxylic acids is 1. The van der Waals surface area contributed by atoms with Crippen molar-refractivity contribution < 1.29 is 19.7 Å². The molecule has 0 radical (unpaired) electrons. The number of nitrogens with one attached hydrogen (secondary N) is 1. The van der Waals surface area contributed by atoms with Crippen molar-refractivity contribution in [2.75, 3.05) is 13.2 Å². The van der Waals surface area contributed by atoms with Crippen LogP contribution in [0.1, 0.15) is 170 Å². The molecule has 8 heteroatoms. The second-order valence-corrected chi connectivity index (χ2v) is 17.3. The first kappa shape index (κ1) is 43.5. The Morgan fingerprint density at radius 2 is 1.33 bits per heavy atom. The maximum atomic E-state index is 13.1. The molecule has 314 valence electrons. The van der Waals surface area contributed by atoms with Gasteiger partial charge in [0, 0.05) is 52.8 Å². The molecule has 6 rings (SSSR count). The fourth-order valence-corrected chi connectivity index (χ4v) is 9.54. The molecule has 1 aliphatic carbocycles. The Morgan fingerprint density at radius 3 is 1.93 bits per heavy atom. The minimum atomic E-state index is -0.154. The van der Waals surface area contributed by atoms with Crippen molar-refractivity contribution in [2.45, 2.75) is 170 Å². The van der Waals surface area contributed by atoms with Gasteiger partial charge in [0.25, 0.3) is 0 Å². The molecule has 8 bridgehead atoms. The Balaban J connectivity index is 1.06. The van der Waals surface area contributed by atoms with Crippen molar-refractivity contribution in [1.82, 2.24) is 5.32 Å². The maximum Gasteiger partial charge on any atom is 0.305 e. The minimum absolute atomic E-state index is 0.00458. The van der Waals surface area contributed by atoms with Gasteiger partial charge in [-0.1, -0.05) is 117 Å². The van der Waals surface area contributed by atoms with Gasteiger partial charge in [-0.2, -0.15) is 0 Å². The summed E-state index contributed by atoms with van der Waals surface area (Å²) in [4.78, 5) is 28.4. The van der Waals surface area contributed by atoms with E-state index >= 15 is 0 Å². The standard InChI is InChI=1S/C50H70N4O4/c1-7-9-10-11-12-13-14-15-16-17-18-19-20-21-22-23-26-58-47(57)25-24-37-33(4)42-28-40-34(5)39(31-55)45(52-40)29-41-32(3)36(8-2)44(51-41)30-43-35(6)48-46(56)27-38(49(37)53-42)50(48)54-43/h28-30,33,37,53,55-56H,7-27,31H2,1-6H3/t33-,37-/m0/s1. The van der Waals surface area contributed by atoms with Gasteiger partial charge in [-0.3, -0.25) is 4.79 Å². The zero-order valence-corrected chi connectivity index (χ0v) is 36.5. The number of hydrogen-bond donors (Lipinski definition) is 3. The Kier molecular flexibility index (Phi) is 15.6. The van der Waals surface area contributed by atoms with Crippen LogP contribution < -0.4 is 5.32 Å². The second kappa shape index (κ2) is 20.8. The molecule has 0 amide bonds. The molecule has 1 saturated heterocycles. The van der Waals surface area contributed by atoms with Crippen molar-refractivity contribution in [3.05, 3.63) is 91.5 Å². The summed E-state index contributed by atoms with van der Waals surface area (Å²) in [7, 11) is 0. The summed E-state index contributed by atoms with van der Waals surface area (Å²) < 4.78 is 5.77. The lowest BCUT2D eigenvalue weighted by Crippen LogP contribution is -2.16. The topological polar surface area (TPSA) is 116 Å². The van der Waals surface area contributed by atoms with Crippen LogP contribution in [0.2, 0.25) is 0 Å². The van der Waals surface area contributed by atoms with E-state index in [1.165, 1.54) is 89.9 Å². The number of allylic oxidation sites excluding steroid dienone is 11. The summed E-state index contributed by atoms with van der Waals surface area (Å²) in [6.07, 6.45) is 29.3. The number of nitrogens with zero attached hydrogens (tertiary/aromatic N) is 3. The normalized spacial score (nSPS) is 21.2. The lowest BCUT2D eigenvalue weighted by molar-refractivity contribution is -0.144. The van der Waals surface area contributed by atoms with E-state index < -0.39 is 0 Å². The third-order valence-electron chi connectivity index (χ3n) is 13.3. The van der Waals surface area contributed by atoms with E-state index in [4.69, 9.17) is 19.7 Å². The molecule has 3 N–H and O–H groups in total. The van der Waals surface area contributed by atoms with Crippen molar-refractivity contribution >= 4 is 23.1 Å². The first-order chi connectivity index (χ1) is 28.2. The van der Waals surface area contributed by atoms with Crippen LogP contribution >= 0.6 is 0 Å². The van der Waals surface area contributed by atoms with Crippen LogP contribution in [-0.2, 0) is 9.53 Å². The summed E-state index contributed by atoms with van der Waals surface area (Å²) in [5.74, 6) is 0.219. The van der Waals surface area contributed by atoms with Gasteiger partial charge in [-0.15, -0.1) is 0 Å². The molecular weight excluding hydrogens is 721 g/mol. The van der Waals surface area contributed by atoms with Crippen molar-refractivity contribution in [1.29, 1.82) is 0 Å². The average molecular weight is 791 g/mol. The summed E-state index contributed by atoms with van der Waals surface area (Å²) in [6, 6.07) is 0. The molecule has 5 heterocycles. The maximum absolute atomic E-state index is 13.1. The fraction of sp³-hybridized carbons (Fsp3) is 0.600. The zero-order valence-electron chi connectivity index (χ0n) is 36.5. The molecule has 0 spiro atoms. The van der Waals surface area contributed by atoms with Crippen LogP contribution in [0.4, 0.5) is 0 Å². The molecular formula is C50H70N4O4. The average Bonchev–Trinajstić information content (AvgIpc) is 3.97. The van der Waals surface area contributed by atoms with Crippen LogP contribution in [0, 0.1) is 11.8 Å². The van der Waals surface area contributed by atoms with Gasteiger partial charge in [0.1, 0.15) is 5.76 Å². The number of aliphatic hydroxyl groups excluding tert-OH is 2. The van der Waals surface area contributed by atoms with E-state index in [1.807, 2.05) is 26.0 Å². The van der Waals surface area contributed by atoms with E-state index in [0.29, 0.717) is 31.6 Å². The zero-order chi connectivity index (χ0) is 41.2. The molecule has 0 aromatic carbocycles. The molecule has 58 heavy (non-hydrogen) atoms. The number of ether oxygens (including phenoxy) is 1. The van der Waals surface area contributed by atoms with E-state index in [0.717, 1.165) is 104 Å². The van der Waals surface area contributed by atoms with Crippen LogP contribution in [0.15, 0.2) is 106 Å². The second-order valence-electron chi connectivity index (χ2n) is 17.3. The molecule has 1 fully saturated rings. The monoisotopic (exact) mass is 791 g/mol. The molecule has 0 unspecified atom stereocenters. The highest BCUT2D eigenvalue weighted by atomic mass is 16.5. The van der Waals surface area contributed by atoms with Crippen molar-refractivity contribution in [3.63, 3.8) is 0 Å². The molecule has 0 aromatic rings. The predicted octanol–water partition coefficient (Wildman–Crippen LogP) is 12.2. The van der Waals surface area contributed by atoms with Gasteiger partial charge in [0.05, 0.1) is 47.4 Å². The van der Waals surface area contributed by atoms with Crippen LogP contribution in [0.25, 0.3) is 0 Å². The van der Waals surface area contributed by atoms with Gasteiger partial charge in [0.2, 0.25) is 0 Å². The quantitative estimate of drug-likeness (QED) is 0.0746. The summed E-state index contributed by atoms with van der Waals surface area (Å²) in [6.45, 7) is 13.1. The highest BCUT2D eigenvalue weighted by Crippen LogP contribution is 2.46. The third-order valence-corrected chi connectivity index (χ3v) is 13.3. The van der Waals surface area contributed by atoms with Gasteiger partial charge < -0.3 is 20.3 Å². The first-order valence-corrected chi connectivity index (χ1v) is 22.9. The molecule has 0 aromatic heterocycles. The van der Waals surface area contributed by atoms with Crippen LogP contribution in [0.5, 0.6) is 0 Å². The Hall–Kier alpha value is -4.04. The number of aliphatic hydroxyl groups is 2. The van der Waals surface area contributed by atoms with Gasteiger partial charge in [-0.25, -0.2) is 15.0 Å². The largest absolute Gasteiger partial charge is 0.511 e. The smallest absolute Gasteiger partial charge is 0.305 e. The molecule has 2 atom stereocenters. The molecule has 5 aliphatic heterocycles. The Morgan fingerprint density at radius 1 is 0.759 bits per heavy atom. The third kappa shape index (κ3) is 10.0. The van der Waals surface area contributed by atoms with Crippen molar-refractivity contribution in [2.24, 2.45) is 26.8 Å². The number of fused-ring (bicyclic) bond motifs is 5. The van der Waals surface area contributed by atoms with E-state index in [1.54, 1.807) is 0 Å². The van der Waals surface area contributed by atoms with Crippen LogP contribution in [0.3, 0.4) is 0 Å². The SMILES string of the molecule is CCCCCCCCCCCCCCCCCCOC(=O)CC[C@@H]1C2=C3CC(O)=C4C3=NC(=C4C)C=C3N=C(C=C4N=C(C=C(N2)[C@H]1C)C(C)=C4CO)C(C)=C3CC. The summed E-state index contributed by atoms with van der Waals surface area (Å²) in [5.41, 5.74) is 13.6. The molecule has 0 saturated carbocycles. The van der Waals surface area contributed by atoms with E-state index in [9.17, 15) is 15.0 Å². The van der Waals surface area contributed by atoms with Gasteiger partial charge in [0.15, 0.2) is 0 Å². The molecule has 6 aliphatic rings. The number of hydrogen-bond acceptors (Lipinski definition) is 8. The number of rotatable bonds is 22. The number of aliphatic imine (C=N–C) groups is 3. The summed E-state index contributed by atoms with van der Waals surface area (Å²) >= 11 is 0. The van der Waals surface area contributed by atoms with Gasteiger partial charge in [-0.05, 0) is 80.6 Å². The first-order valence-electron chi connectivity index (χ1n) is 22.9. The highest BCUT2D eigenvalue weighted by molar-refractivity contribution is 6.21. The van der Waals surface area contributed by atoms with Crippen LogP contribution in [-0.4, -0.2) is 46.5 Å². The predicted molar refractivity (Wildman–Crippen MR) is 239 cm³/mol. The number of unbranched alkanes of at least 4 members (excludes halogenated alkanes) is 15. The number of esters is 1. The highest BCUT2D eigenvalue weighted by Gasteiger charge is 2.41. The lowest BCUT2D eigenvalue weighted by Gasteiger charge is -2.17. The van der Waals surface area contributed by atoms with Crippen molar-refractivity contribution in [3.8, 4) is 0 Å².